The van der Waals surface area contributed by atoms with Gasteiger partial charge in [0, 0.05) is 25.2 Å². The molecule has 102 valence electrons. The summed E-state index contributed by atoms with van der Waals surface area (Å²) in [7, 11) is 0. The zero-order chi connectivity index (χ0) is 14.1. The molecule has 3 heteroatoms. The number of nitrogens with zero attached hydrogens (tertiary/aromatic N) is 1. The van der Waals surface area contributed by atoms with Crippen molar-refractivity contribution in [3.05, 3.63) is 54.1 Å². The topological polar surface area (TPSA) is 40.3 Å². The van der Waals surface area contributed by atoms with E-state index in [-0.39, 0.29) is 0 Å². The lowest BCUT2D eigenvalue weighted by molar-refractivity contribution is -0.132. The molecule has 2 rings (SSSR count). The first-order chi connectivity index (χ1) is 9.13. The van der Waals surface area contributed by atoms with Crippen LogP contribution in [0.15, 0.2) is 48.6 Å². The van der Waals surface area contributed by atoms with E-state index in [4.69, 9.17) is 5.11 Å². The van der Waals surface area contributed by atoms with Gasteiger partial charge in [0.1, 0.15) is 0 Å². The van der Waals surface area contributed by atoms with Crippen molar-refractivity contribution in [3.8, 4) is 0 Å². The zero-order valence-electron chi connectivity index (χ0n) is 11.4. The molecule has 1 aromatic rings. The summed E-state index contributed by atoms with van der Waals surface area (Å²) in [6.07, 6.45) is 4.47. The first-order valence-corrected chi connectivity index (χ1v) is 6.43. The molecule has 0 radical (unpaired) electrons. The molecule has 1 fully saturated rings. The summed E-state index contributed by atoms with van der Waals surface area (Å²) < 4.78 is 0. The van der Waals surface area contributed by atoms with E-state index in [9.17, 15) is 4.79 Å². The Morgan fingerprint density at radius 1 is 1.37 bits per heavy atom. The number of hydrogen-bond acceptors (Lipinski definition) is 2. The fraction of sp³-hybridized carbons (Fsp3) is 0.312. The summed E-state index contributed by atoms with van der Waals surface area (Å²) in [6, 6.07) is 10.0. The number of rotatable bonds is 5. The predicted molar refractivity (Wildman–Crippen MR) is 79.0 cm³/mol. The number of benzene rings is 1. The lowest BCUT2D eigenvalue weighted by Gasteiger charge is -1.95. The second-order valence-corrected chi connectivity index (χ2v) is 4.44. The molecule has 3 nitrogen and oxygen atoms in total. The average Bonchev–Trinajstić information content (AvgIpc) is 3.24. The Morgan fingerprint density at radius 2 is 2.00 bits per heavy atom. The van der Waals surface area contributed by atoms with Gasteiger partial charge in [-0.3, -0.25) is 0 Å². The number of carbonyl (C=O) groups is 1. The maximum Gasteiger partial charge on any atom is 0.330 e. The molecule has 1 heterocycles. The number of carboxylic acids is 1. The number of aliphatic carboxylic acids is 1. The quantitative estimate of drug-likeness (QED) is 0.652. The highest BCUT2D eigenvalue weighted by Gasteiger charge is 2.14. The molecule has 0 saturated carbocycles. The molecule has 0 aromatic heterocycles. The monoisotopic (exact) mass is 259 g/mol. The third kappa shape index (κ3) is 7.21. The van der Waals surface area contributed by atoms with Crippen LogP contribution in [0.25, 0.3) is 6.08 Å². The van der Waals surface area contributed by atoms with Gasteiger partial charge in [0.25, 0.3) is 0 Å². The summed E-state index contributed by atoms with van der Waals surface area (Å²) in [5, 5.41) is 8.48. The van der Waals surface area contributed by atoms with Crippen LogP contribution < -0.4 is 0 Å². The van der Waals surface area contributed by atoms with Crippen LogP contribution in [-0.2, 0) is 4.79 Å². The van der Waals surface area contributed by atoms with Crippen LogP contribution in [0.3, 0.4) is 0 Å². The van der Waals surface area contributed by atoms with E-state index in [1.165, 1.54) is 18.7 Å². The molecule has 1 aliphatic heterocycles. The maximum absolute atomic E-state index is 10.3. The Kier molecular flexibility index (Phi) is 6.61. The van der Waals surface area contributed by atoms with Crippen molar-refractivity contribution in [2.75, 3.05) is 19.6 Å². The predicted octanol–water partition coefficient (Wildman–Crippen LogP) is 3.05. The summed E-state index contributed by atoms with van der Waals surface area (Å²) in [4.78, 5) is 12.6. The third-order valence-corrected chi connectivity index (χ3v) is 2.81. The second-order valence-electron chi connectivity index (χ2n) is 4.44. The molecular formula is C16H21NO2. The number of hydrogen-bond donors (Lipinski definition) is 1. The van der Waals surface area contributed by atoms with Crippen LogP contribution >= 0.6 is 0 Å². The molecule has 1 aliphatic rings. The Labute approximate surface area is 114 Å². The van der Waals surface area contributed by atoms with E-state index in [1.54, 1.807) is 13.0 Å². The van der Waals surface area contributed by atoms with Gasteiger partial charge < -0.3 is 10.0 Å². The van der Waals surface area contributed by atoms with E-state index < -0.39 is 5.97 Å². The van der Waals surface area contributed by atoms with E-state index >= 15 is 0 Å². The third-order valence-electron chi connectivity index (χ3n) is 2.81. The fourth-order valence-corrected chi connectivity index (χ4v) is 1.43. The van der Waals surface area contributed by atoms with Crippen LogP contribution in [0.5, 0.6) is 0 Å². The first kappa shape index (κ1) is 15.2. The van der Waals surface area contributed by atoms with Crippen LogP contribution in [-0.4, -0.2) is 35.6 Å². The molecule has 0 spiro atoms. The van der Waals surface area contributed by atoms with E-state index in [0.717, 1.165) is 13.0 Å². The Hall–Kier alpha value is -1.87. The van der Waals surface area contributed by atoms with Crippen LogP contribution in [0.2, 0.25) is 0 Å². The Morgan fingerprint density at radius 3 is 2.42 bits per heavy atom. The van der Waals surface area contributed by atoms with E-state index in [0.29, 0.717) is 5.57 Å². The molecule has 19 heavy (non-hydrogen) atoms. The van der Waals surface area contributed by atoms with E-state index in [2.05, 4.69) is 11.5 Å². The fourth-order valence-electron chi connectivity index (χ4n) is 1.43. The van der Waals surface area contributed by atoms with Gasteiger partial charge in [-0.25, -0.2) is 4.79 Å². The molecule has 1 saturated heterocycles. The molecular weight excluding hydrogens is 238 g/mol. The smallest absolute Gasteiger partial charge is 0.330 e. The van der Waals surface area contributed by atoms with Gasteiger partial charge in [0.2, 0.25) is 0 Å². The standard InChI is InChI=1S/C8H13NO2.C8H8/c1-7(8(10)11)3-2-4-9-5-6-9;1-2-8-6-4-3-5-7-8/h3H,2,4-6H2,1H3,(H,10,11);2-7H,1H2. The van der Waals surface area contributed by atoms with Gasteiger partial charge in [0.15, 0.2) is 0 Å². The van der Waals surface area contributed by atoms with Gasteiger partial charge in [-0.1, -0.05) is 49.1 Å². The zero-order valence-corrected chi connectivity index (χ0v) is 11.4. The maximum atomic E-state index is 10.3. The SMILES string of the molecule is C=Cc1ccccc1.CC(=CCCN1CC1)C(=O)O. The van der Waals surface area contributed by atoms with Gasteiger partial charge in [0.05, 0.1) is 0 Å². The minimum atomic E-state index is -0.809. The normalized spacial score (nSPS) is 14.3. The van der Waals surface area contributed by atoms with Crippen molar-refractivity contribution < 1.29 is 9.90 Å². The minimum Gasteiger partial charge on any atom is -0.478 e. The summed E-state index contributed by atoms with van der Waals surface area (Å²) in [5.41, 5.74) is 1.62. The van der Waals surface area contributed by atoms with Gasteiger partial charge in [-0.05, 0) is 18.9 Å². The molecule has 1 aromatic carbocycles. The first-order valence-electron chi connectivity index (χ1n) is 6.43. The number of carboxylic acid groups (broad SMARTS) is 1. The van der Waals surface area contributed by atoms with Crippen molar-refractivity contribution in [1.29, 1.82) is 0 Å². The molecule has 0 amide bonds. The highest BCUT2D eigenvalue weighted by molar-refractivity contribution is 5.85. The van der Waals surface area contributed by atoms with Crippen molar-refractivity contribution in [2.24, 2.45) is 0 Å². The Bertz CT molecular complexity index is 433. The molecule has 1 N–H and O–H groups in total. The van der Waals surface area contributed by atoms with Gasteiger partial charge >= 0.3 is 5.97 Å². The highest BCUT2D eigenvalue weighted by atomic mass is 16.4. The Balaban J connectivity index is 0.000000200. The van der Waals surface area contributed by atoms with Crippen LogP contribution in [0.4, 0.5) is 0 Å². The molecule has 0 bridgehead atoms. The van der Waals surface area contributed by atoms with Crippen LogP contribution in [0, 0.1) is 0 Å². The molecule has 0 atom stereocenters. The summed E-state index contributed by atoms with van der Waals surface area (Å²) >= 11 is 0. The van der Waals surface area contributed by atoms with Gasteiger partial charge in [-0.15, -0.1) is 0 Å². The summed E-state index contributed by atoms with van der Waals surface area (Å²) in [5.74, 6) is -0.809. The highest BCUT2D eigenvalue weighted by Crippen LogP contribution is 2.05. The average molecular weight is 259 g/mol. The molecule has 0 aliphatic carbocycles. The van der Waals surface area contributed by atoms with E-state index in [1.807, 2.05) is 36.4 Å². The van der Waals surface area contributed by atoms with Crippen molar-refractivity contribution in [1.82, 2.24) is 4.90 Å². The summed E-state index contributed by atoms with van der Waals surface area (Å²) in [6.45, 7) is 8.63. The largest absolute Gasteiger partial charge is 0.478 e. The lowest BCUT2D eigenvalue weighted by atomic mass is 10.2. The van der Waals surface area contributed by atoms with Crippen LogP contribution in [0.1, 0.15) is 18.9 Å². The minimum absolute atomic E-state index is 0.451. The lowest BCUT2D eigenvalue weighted by Crippen LogP contribution is -2.00. The van der Waals surface area contributed by atoms with Crippen molar-refractivity contribution >= 4 is 12.0 Å². The van der Waals surface area contributed by atoms with Crippen molar-refractivity contribution in [3.63, 3.8) is 0 Å². The molecule has 0 unspecified atom stereocenters. The second kappa shape index (κ2) is 8.27. The van der Waals surface area contributed by atoms with Crippen molar-refractivity contribution in [2.45, 2.75) is 13.3 Å². The van der Waals surface area contributed by atoms with Gasteiger partial charge in [-0.2, -0.15) is 0 Å².